The van der Waals surface area contributed by atoms with Gasteiger partial charge in [0.1, 0.15) is 0 Å². The second-order valence-corrected chi connectivity index (χ2v) is 4.68. The van der Waals surface area contributed by atoms with Gasteiger partial charge in [-0.1, -0.05) is 23.4 Å². The van der Waals surface area contributed by atoms with E-state index in [-0.39, 0.29) is 12.1 Å². The summed E-state index contributed by atoms with van der Waals surface area (Å²) in [4.78, 5) is 10.6. The number of nitro benzene ring substituents is 1. The summed E-state index contributed by atoms with van der Waals surface area (Å²) in [5, 5.41) is 23.7. The molecule has 7 heteroatoms. The number of ether oxygens (including phenoxy) is 2. The minimum absolute atomic E-state index is 0.0193. The molecule has 0 saturated carbocycles. The average molecular weight is 316 g/mol. The van der Waals surface area contributed by atoms with E-state index in [1.165, 1.54) is 20.3 Å². The van der Waals surface area contributed by atoms with Crippen molar-refractivity contribution in [3.63, 3.8) is 0 Å². The van der Waals surface area contributed by atoms with Gasteiger partial charge in [-0.05, 0) is 18.2 Å². The number of nitro groups is 1. The molecule has 2 aromatic carbocycles. The molecule has 0 aliphatic carbocycles. The average Bonchev–Trinajstić information content (AvgIpc) is 2.59. The third kappa shape index (κ3) is 3.57. The molecule has 0 bridgehead atoms. The Bertz CT molecular complexity index is 743. The standard InChI is InChI=1S/C16H16N2O5/c1-22-15-8-7-11(10-16(15)23-2)13(17-19)9-12-5-3-4-6-14(12)18(20)21/h3-8,10,19H,9H2,1-2H3. The van der Waals surface area contributed by atoms with Crippen molar-refractivity contribution >= 4 is 11.4 Å². The molecule has 0 heterocycles. The molecule has 0 radical (unpaired) electrons. The van der Waals surface area contributed by atoms with Crippen LogP contribution in [0.3, 0.4) is 0 Å². The van der Waals surface area contributed by atoms with Gasteiger partial charge in [-0.15, -0.1) is 0 Å². The van der Waals surface area contributed by atoms with Crippen LogP contribution in [0.5, 0.6) is 11.5 Å². The zero-order valence-electron chi connectivity index (χ0n) is 12.7. The Morgan fingerprint density at radius 2 is 1.87 bits per heavy atom. The summed E-state index contributed by atoms with van der Waals surface area (Å²) < 4.78 is 10.4. The molecule has 0 spiro atoms. The van der Waals surface area contributed by atoms with Gasteiger partial charge < -0.3 is 14.7 Å². The Balaban J connectivity index is 2.37. The summed E-state index contributed by atoms with van der Waals surface area (Å²) in [5.74, 6) is 1.02. The van der Waals surface area contributed by atoms with E-state index >= 15 is 0 Å². The van der Waals surface area contributed by atoms with Crippen LogP contribution in [0.15, 0.2) is 47.6 Å². The van der Waals surface area contributed by atoms with Crippen molar-refractivity contribution in [2.75, 3.05) is 14.2 Å². The molecule has 120 valence electrons. The van der Waals surface area contributed by atoms with Crippen LogP contribution in [-0.4, -0.2) is 30.1 Å². The van der Waals surface area contributed by atoms with Gasteiger partial charge in [-0.2, -0.15) is 0 Å². The van der Waals surface area contributed by atoms with Crippen LogP contribution in [0.4, 0.5) is 5.69 Å². The minimum Gasteiger partial charge on any atom is -0.493 e. The largest absolute Gasteiger partial charge is 0.493 e. The quantitative estimate of drug-likeness (QED) is 0.382. The van der Waals surface area contributed by atoms with Crippen LogP contribution >= 0.6 is 0 Å². The van der Waals surface area contributed by atoms with Gasteiger partial charge in [-0.25, -0.2) is 0 Å². The molecule has 2 rings (SSSR count). The van der Waals surface area contributed by atoms with E-state index in [0.717, 1.165) is 0 Å². The van der Waals surface area contributed by atoms with Gasteiger partial charge in [0, 0.05) is 23.6 Å². The highest BCUT2D eigenvalue weighted by Gasteiger charge is 2.17. The number of benzene rings is 2. The predicted molar refractivity (Wildman–Crippen MR) is 84.7 cm³/mol. The van der Waals surface area contributed by atoms with Crippen LogP contribution in [0.1, 0.15) is 11.1 Å². The normalized spacial score (nSPS) is 11.1. The SMILES string of the molecule is COc1ccc(C(Cc2ccccc2[N+](=O)[O-])=NO)cc1OC. The number of hydrogen-bond acceptors (Lipinski definition) is 6. The first-order valence-corrected chi connectivity index (χ1v) is 6.76. The summed E-state index contributed by atoms with van der Waals surface area (Å²) in [6, 6.07) is 11.4. The lowest BCUT2D eigenvalue weighted by Gasteiger charge is -2.10. The van der Waals surface area contributed by atoms with E-state index in [2.05, 4.69) is 5.16 Å². The van der Waals surface area contributed by atoms with E-state index in [9.17, 15) is 15.3 Å². The van der Waals surface area contributed by atoms with Crippen molar-refractivity contribution in [3.05, 3.63) is 63.7 Å². The molecule has 0 aliphatic heterocycles. The number of rotatable bonds is 6. The van der Waals surface area contributed by atoms with E-state index in [0.29, 0.717) is 28.3 Å². The molecule has 23 heavy (non-hydrogen) atoms. The summed E-state index contributed by atoms with van der Waals surface area (Å²) >= 11 is 0. The fourth-order valence-electron chi connectivity index (χ4n) is 2.23. The van der Waals surface area contributed by atoms with Gasteiger partial charge in [0.2, 0.25) is 0 Å². The van der Waals surface area contributed by atoms with Gasteiger partial charge >= 0.3 is 0 Å². The summed E-state index contributed by atoms with van der Waals surface area (Å²) in [5.41, 5.74) is 1.32. The van der Waals surface area contributed by atoms with Gasteiger partial charge in [-0.3, -0.25) is 10.1 Å². The molecule has 0 fully saturated rings. The molecule has 0 atom stereocenters. The van der Waals surface area contributed by atoms with Crippen molar-refractivity contribution in [2.45, 2.75) is 6.42 Å². The number of hydrogen-bond donors (Lipinski definition) is 1. The molecule has 0 unspecified atom stereocenters. The fourth-order valence-corrected chi connectivity index (χ4v) is 2.23. The second-order valence-electron chi connectivity index (χ2n) is 4.68. The highest BCUT2D eigenvalue weighted by Crippen LogP contribution is 2.29. The first-order valence-electron chi connectivity index (χ1n) is 6.76. The van der Waals surface area contributed by atoms with Crippen LogP contribution in [0, 0.1) is 10.1 Å². The molecule has 0 aromatic heterocycles. The molecule has 0 amide bonds. The Kier molecular flexibility index (Phi) is 5.14. The first-order chi connectivity index (χ1) is 11.1. The van der Waals surface area contributed by atoms with Gasteiger partial charge in [0.05, 0.1) is 24.9 Å². The lowest BCUT2D eigenvalue weighted by molar-refractivity contribution is -0.385. The summed E-state index contributed by atoms with van der Waals surface area (Å²) in [7, 11) is 3.02. The number of para-hydroxylation sites is 1. The van der Waals surface area contributed by atoms with E-state index in [1.807, 2.05) is 0 Å². The zero-order valence-corrected chi connectivity index (χ0v) is 12.7. The number of oxime groups is 1. The topological polar surface area (TPSA) is 94.2 Å². The van der Waals surface area contributed by atoms with Gasteiger partial charge in [0.15, 0.2) is 11.5 Å². The fraction of sp³-hybridized carbons (Fsp3) is 0.188. The number of nitrogens with zero attached hydrogens (tertiary/aromatic N) is 2. The zero-order chi connectivity index (χ0) is 16.8. The molecule has 7 nitrogen and oxygen atoms in total. The maximum Gasteiger partial charge on any atom is 0.272 e. The predicted octanol–water partition coefficient (Wildman–Crippen LogP) is 3.03. The van der Waals surface area contributed by atoms with Crippen molar-refractivity contribution < 1.29 is 19.6 Å². The lowest BCUT2D eigenvalue weighted by atomic mass is 10.0. The van der Waals surface area contributed by atoms with Crippen molar-refractivity contribution in [1.29, 1.82) is 0 Å². The lowest BCUT2D eigenvalue weighted by Crippen LogP contribution is -2.08. The molecular weight excluding hydrogens is 300 g/mol. The van der Waals surface area contributed by atoms with Gasteiger partial charge in [0.25, 0.3) is 5.69 Å². The Labute approximate surface area is 132 Å². The van der Waals surface area contributed by atoms with Crippen LogP contribution in [-0.2, 0) is 6.42 Å². The highest BCUT2D eigenvalue weighted by atomic mass is 16.6. The van der Waals surface area contributed by atoms with Crippen molar-refractivity contribution in [3.8, 4) is 11.5 Å². The van der Waals surface area contributed by atoms with E-state index in [4.69, 9.17) is 9.47 Å². The van der Waals surface area contributed by atoms with Crippen molar-refractivity contribution in [2.24, 2.45) is 5.16 Å². The van der Waals surface area contributed by atoms with Crippen molar-refractivity contribution in [1.82, 2.24) is 0 Å². The smallest absolute Gasteiger partial charge is 0.272 e. The Hall–Kier alpha value is -3.09. The first kappa shape index (κ1) is 16.3. The highest BCUT2D eigenvalue weighted by molar-refractivity contribution is 6.02. The second kappa shape index (κ2) is 7.26. The number of methoxy groups -OCH3 is 2. The summed E-state index contributed by atoms with van der Waals surface area (Å²) in [6.07, 6.45) is 0.114. The van der Waals surface area contributed by atoms with Crippen LogP contribution in [0.2, 0.25) is 0 Å². The molecule has 0 aliphatic rings. The third-order valence-corrected chi connectivity index (χ3v) is 3.38. The minimum atomic E-state index is -0.459. The monoisotopic (exact) mass is 316 g/mol. The Morgan fingerprint density at radius 1 is 1.17 bits per heavy atom. The maximum atomic E-state index is 11.1. The van der Waals surface area contributed by atoms with E-state index < -0.39 is 4.92 Å². The molecule has 0 saturated heterocycles. The van der Waals surface area contributed by atoms with Crippen LogP contribution in [0.25, 0.3) is 0 Å². The Morgan fingerprint density at radius 3 is 2.48 bits per heavy atom. The molecular formula is C16H16N2O5. The molecule has 1 N–H and O–H groups in total. The van der Waals surface area contributed by atoms with E-state index in [1.54, 1.807) is 36.4 Å². The maximum absolute atomic E-state index is 11.1. The summed E-state index contributed by atoms with van der Waals surface area (Å²) in [6.45, 7) is 0. The third-order valence-electron chi connectivity index (χ3n) is 3.38. The van der Waals surface area contributed by atoms with Crippen LogP contribution < -0.4 is 9.47 Å². The molecule has 2 aromatic rings.